The number of rotatable bonds is 6. The van der Waals surface area contributed by atoms with E-state index >= 15 is 0 Å². The van der Waals surface area contributed by atoms with Crippen LogP contribution in [0.4, 0.5) is 4.39 Å². The summed E-state index contributed by atoms with van der Waals surface area (Å²) in [7, 11) is -3.19. The minimum absolute atomic E-state index is 0.0387. The lowest BCUT2D eigenvalue weighted by atomic mass is 9.98. The minimum atomic E-state index is -3.19. The number of aliphatic hydroxyl groups excluding tert-OH is 1. The van der Waals surface area contributed by atoms with E-state index in [4.69, 9.17) is 0 Å². The van der Waals surface area contributed by atoms with E-state index < -0.39 is 14.6 Å². The van der Waals surface area contributed by atoms with Gasteiger partial charge >= 0.3 is 0 Å². The molecular formula is C15H23FO3S. The van der Waals surface area contributed by atoms with Gasteiger partial charge in [-0.15, -0.1) is 0 Å². The fourth-order valence-corrected chi connectivity index (χ4v) is 3.14. The first-order valence-electron chi connectivity index (χ1n) is 6.73. The molecule has 0 amide bonds. The molecule has 114 valence electrons. The van der Waals surface area contributed by atoms with Crippen molar-refractivity contribution in [3.05, 3.63) is 35.6 Å². The van der Waals surface area contributed by atoms with E-state index in [2.05, 4.69) is 0 Å². The van der Waals surface area contributed by atoms with Crippen LogP contribution in [0.1, 0.15) is 32.8 Å². The molecule has 0 fully saturated rings. The number of benzene rings is 1. The van der Waals surface area contributed by atoms with Crippen LogP contribution in [0.5, 0.6) is 0 Å². The molecule has 0 spiro atoms. The second-order valence-electron chi connectivity index (χ2n) is 6.10. The summed E-state index contributed by atoms with van der Waals surface area (Å²) < 4.78 is 36.4. The molecular weight excluding hydrogens is 279 g/mol. The summed E-state index contributed by atoms with van der Waals surface area (Å²) in [4.78, 5) is 0. The van der Waals surface area contributed by atoms with Crippen LogP contribution in [0.15, 0.2) is 24.3 Å². The molecule has 0 bridgehead atoms. The minimum Gasteiger partial charge on any atom is -0.396 e. The summed E-state index contributed by atoms with van der Waals surface area (Å²) in [5, 5.41) is 9.37. The Bertz CT molecular complexity index is 532. The Morgan fingerprint density at radius 2 is 1.95 bits per heavy atom. The molecule has 1 aromatic carbocycles. The van der Waals surface area contributed by atoms with Crippen molar-refractivity contribution in [1.82, 2.24) is 0 Å². The van der Waals surface area contributed by atoms with Gasteiger partial charge in [0.25, 0.3) is 0 Å². The van der Waals surface area contributed by atoms with Crippen LogP contribution in [-0.2, 0) is 16.3 Å². The number of hydrogen-bond acceptors (Lipinski definition) is 3. The maximum atomic E-state index is 13.1. The molecule has 1 rings (SSSR count). The summed E-state index contributed by atoms with van der Waals surface area (Å²) in [5.74, 6) is -0.452. The summed E-state index contributed by atoms with van der Waals surface area (Å²) in [6, 6.07) is 6.18. The Kier molecular flexibility index (Phi) is 5.71. The fraction of sp³-hybridized carbons (Fsp3) is 0.600. The van der Waals surface area contributed by atoms with Crippen molar-refractivity contribution < 1.29 is 17.9 Å². The lowest BCUT2D eigenvalue weighted by Gasteiger charge is -2.21. The van der Waals surface area contributed by atoms with Crippen molar-refractivity contribution in [1.29, 1.82) is 0 Å². The van der Waals surface area contributed by atoms with Gasteiger partial charge in [-0.2, -0.15) is 0 Å². The normalized spacial score (nSPS) is 14.2. The van der Waals surface area contributed by atoms with Crippen molar-refractivity contribution in [2.45, 2.75) is 38.4 Å². The summed E-state index contributed by atoms with van der Waals surface area (Å²) in [5.41, 5.74) is 0.775. The molecule has 1 atom stereocenters. The van der Waals surface area contributed by atoms with Crippen LogP contribution in [0.3, 0.4) is 0 Å². The van der Waals surface area contributed by atoms with Crippen LogP contribution in [-0.4, -0.2) is 30.6 Å². The van der Waals surface area contributed by atoms with Crippen LogP contribution >= 0.6 is 0 Å². The van der Waals surface area contributed by atoms with Gasteiger partial charge in [0.05, 0.1) is 10.5 Å². The van der Waals surface area contributed by atoms with Crippen LogP contribution < -0.4 is 0 Å². The molecule has 0 saturated heterocycles. The first-order valence-corrected chi connectivity index (χ1v) is 8.38. The summed E-state index contributed by atoms with van der Waals surface area (Å²) in [6.45, 7) is 4.91. The molecule has 0 aliphatic rings. The highest BCUT2D eigenvalue weighted by molar-refractivity contribution is 7.92. The van der Waals surface area contributed by atoms with Crippen molar-refractivity contribution in [2.75, 3.05) is 12.4 Å². The smallest absolute Gasteiger partial charge is 0.155 e. The molecule has 0 aliphatic heterocycles. The fourth-order valence-electron chi connectivity index (χ4n) is 1.88. The van der Waals surface area contributed by atoms with Crippen molar-refractivity contribution in [2.24, 2.45) is 5.92 Å². The van der Waals surface area contributed by atoms with Gasteiger partial charge in [0, 0.05) is 6.61 Å². The number of halogens is 1. The number of hydrogen-bond donors (Lipinski definition) is 1. The lowest BCUT2D eigenvalue weighted by molar-refractivity contribution is 0.222. The Morgan fingerprint density at radius 1 is 1.30 bits per heavy atom. The number of aliphatic hydroxyl groups is 1. The maximum absolute atomic E-state index is 13.1. The molecule has 0 aliphatic carbocycles. The molecule has 1 N–H and O–H groups in total. The van der Waals surface area contributed by atoms with E-state index in [1.165, 1.54) is 12.1 Å². The zero-order valence-corrected chi connectivity index (χ0v) is 13.1. The van der Waals surface area contributed by atoms with Gasteiger partial charge in [0.1, 0.15) is 5.82 Å². The van der Waals surface area contributed by atoms with Gasteiger partial charge in [-0.3, -0.25) is 0 Å². The second kappa shape index (κ2) is 6.68. The molecule has 20 heavy (non-hydrogen) atoms. The van der Waals surface area contributed by atoms with Gasteiger partial charge < -0.3 is 5.11 Å². The van der Waals surface area contributed by atoms with E-state index in [1.807, 2.05) is 0 Å². The third kappa shape index (κ3) is 4.87. The average Bonchev–Trinajstić information content (AvgIpc) is 2.33. The predicted octanol–water partition coefficient (Wildman–Crippen LogP) is 2.58. The summed E-state index contributed by atoms with van der Waals surface area (Å²) in [6.07, 6.45) is 0.862. The van der Waals surface area contributed by atoms with Crippen molar-refractivity contribution >= 4 is 9.84 Å². The highest BCUT2D eigenvalue weighted by atomic mass is 32.2. The zero-order valence-electron chi connectivity index (χ0n) is 12.3. The summed E-state index contributed by atoms with van der Waals surface area (Å²) >= 11 is 0. The Labute approximate surface area is 120 Å². The van der Waals surface area contributed by atoms with E-state index in [-0.39, 0.29) is 24.1 Å². The van der Waals surface area contributed by atoms with Crippen LogP contribution in [0.2, 0.25) is 0 Å². The SMILES string of the molecule is CC(C)(C)S(=O)(=O)CCC(CO)Cc1cccc(F)c1. The monoisotopic (exact) mass is 302 g/mol. The first-order chi connectivity index (χ1) is 9.15. The Hall–Kier alpha value is -0.940. The highest BCUT2D eigenvalue weighted by Gasteiger charge is 2.29. The van der Waals surface area contributed by atoms with Crippen molar-refractivity contribution in [3.63, 3.8) is 0 Å². The molecule has 5 heteroatoms. The molecule has 1 unspecified atom stereocenters. The lowest BCUT2D eigenvalue weighted by Crippen LogP contribution is -2.31. The third-order valence-corrected chi connectivity index (χ3v) is 6.04. The van der Waals surface area contributed by atoms with E-state index in [0.717, 1.165) is 5.56 Å². The predicted molar refractivity (Wildman–Crippen MR) is 78.8 cm³/mol. The maximum Gasteiger partial charge on any atom is 0.155 e. The van der Waals surface area contributed by atoms with E-state index in [0.29, 0.717) is 12.8 Å². The molecule has 0 saturated carbocycles. The van der Waals surface area contributed by atoms with Crippen LogP contribution in [0, 0.1) is 11.7 Å². The highest BCUT2D eigenvalue weighted by Crippen LogP contribution is 2.20. The van der Waals surface area contributed by atoms with Gasteiger partial charge in [0.15, 0.2) is 9.84 Å². The molecule has 0 radical (unpaired) electrons. The average molecular weight is 302 g/mol. The van der Waals surface area contributed by atoms with Crippen molar-refractivity contribution in [3.8, 4) is 0 Å². The molecule has 0 heterocycles. The second-order valence-corrected chi connectivity index (χ2v) is 8.97. The molecule has 0 aromatic heterocycles. The third-order valence-electron chi connectivity index (χ3n) is 3.40. The van der Waals surface area contributed by atoms with Gasteiger partial charge in [-0.1, -0.05) is 12.1 Å². The standard InChI is InChI=1S/C15H23FO3S/c1-15(2,3)20(18,19)8-7-13(11-17)9-12-5-4-6-14(16)10-12/h4-6,10,13,17H,7-9,11H2,1-3H3. The first kappa shape index (κ1) is 17.1. The molecule has 1 aromatic rings. The largest absolute Gasteiger partial charge is 0.396 e. The quantitative estimate of drug-likeness (QED) is 0.878. The van der Waals surface area contributed by atoms with E-state index in [9.17, 15) is 17.9 Å². The Balaban J connectivity index is 2.65. The number of sulfone groups is 1. The van der Waals surface area contributed by atoms with Crippen LogP contribution in [0.25, 0.3) is 0 Å². The zero-order chi connectivity index (χ0) is 15.4. The topological polar surface area (TPSA) is 54.4 Å². The van der Waals surface area contributed by atoms with Gasteiger partial charge in [-0.25, -0.2) is 12.8 Å². The van der Waals surface area contributed by atoms with Gasteiger partial charge in [-0.05, 0) is 57.2 Å². The van der Waals surface area contributed by atoms with E-state index in [1.54, 1.807) is 32.9 Å². The Morgan fingerprint density at radius 3 is 2.45 bits per heavy atom. The molecule has 3 nitrogen and oxygen atoms in total. The van der Waals surface area contributed by atoms with Gasteiger partial charge in [0.2, 0.25) is 0 Å².